The van der Waals surface area contributed by atoms with E-state index in [0.717, 1.165) is 21.5 Å². The minimum Gasteiger partial charge on any atom is -0.405 e. The van der Waals surface area contributed by atoms with Crippen molar-refractivity contribution < 1.29 is 18.2 Å². The number of H-pyrrole nitrogens is 1. The molecule has 2 fully saturated rings. The van der Waals surface area contributed by atoms with Gasteiger partial charge in [0.2, 0.25) is 0 Å². The molecule has 0 aliphatic carbocycles. The molecule has 11 heteroatoms. The van der Waals surface area contributed by atoms with Crippen molar-refractivity contribution in [3.8, 4) is 0 Å². The van der Waals surface area contributed by atoms with Crippen LogP contribution in [0.3, 0.4) is 0 Å². The van der Waals surface area contributed by atoms with Crippen LogP contribution in [0.1, 0.15) is 62.3 Å². The van der Waals surface area contributed by atoms with E-state index in [9.17, 15) is 9.59 Å². The second-order valence-corrected chi connectivity index (χ2v) is 20.4. The standard InChI is InChI=1S/C41H46N3O6PSi/c1-29-27-44(40(46)42-39(29)45)36-26-34(49-51-43(5)37(30-18-10-6-11-19-30)38(50-51)31-20-12-7-13-21-31)35(48-36)28-47-52(41(2,3)4,32-22-14-8-15-23-32)33-24-16-9-17-25-33/h6-25,27,34-38H,26,28H2,1-5H3,(H,42,45,46)/t34-,35+,36+,37-,38+,51?/m0/s1. The highest BCUT2D eigenvalue weighted by atomic mass is 31.2. The molecule has 0 spiro atoms. The van der Waals surface area contributed by atoms with Gasteiger partial charge < -0.3 is 18.2 Å². The molecule has 2 aliphatic heterocycles. The first-order valence-corrected chi connectivity index (χ1v) is 20.8. The summed E-state index contributed by atoms with van der Waals surface area (Å²) in [7, 11) is -2.45. The third-order valence-corrected chi connectivity index (χ3v) is 16.8. The van der Waals surface area contributed by atoms with Gasteiger partial charge in [-0.1, -0.05) is 142 Å². The Kier molecular flexibility index (Phi) is 10.6. The van der Waals surface area contributed by atoms with Gasteiger partial charge in [0.1, 0.15) is 18.4 Å². The lowest BCUT2D eigenvalue weighted by Crippen LogP contribution is -2.67. The zero-order valence-electron chi connectivity index (χ0n) is 30.2. The van der Waals surface area contributed by atoms with Gasteiger partial charge in [-0.3, -0.25) is 14.3 Å². The molecule has 2 saturated heterocycles. The van der Waals surface area contributed by atoms with Crippen molar-refractivity contribution >= 4 is 27.2 Å². The fraction of sp³-hybridized carbons (Fsp3) is 0.317. The summed E-state index contributed by atoms with van der Waals surface area (Å²) in [6.45, 7) is 8.63. The van der Waals surface area contributed by atoms with Crippen LogP contribution in [0.25, 0.3) is 0 Å². The summed E-state index contributed by atoms with van der Waals surface area (Å²) in [6.07, 6.45) is -0.0394. The van der Waals surface area contributed by atoms with Crippen molar-refractivity contribution in [2.24, 2.45) is 0 Å². The first kappa shape index (κ1) is 36.4. The lowest BCUT2D eigenvalue weighted by molar-refractivity contribution is -0.0396. The molecule has 0 amide bonds. The van der Waals surface area contributed by atoms with E-state index < -0.39 is 46.5 Å². The van der Waals surface area contributed by atoms with E-state index >= 15 is 0 Å². The topological polar surface area (TPSA) is 95.0 Å². The summed E-state index contributed by atoms with van der Waals surface area (Å²) in [5.41, 5.74) is 1.68. The highest BCUT2D eigenvalue weighted by Crippen LogP contribution is 2.63. The number of rotatable bonds is 10. The van der Waals surface area contributed by atoms with Gasteiger partial charge in [-0.15, -0.1) is 0 Å². The SMILES string of the molecule is Cc1cn([C@H]2C[C@H](OP3O[C@H](c4ccccc4)[C@H](c4ccccc4)N3C)[C@@H](CO[Si](c3ccccc3)(c3ccccc3)C(C)(C)C)O2)c(=O)[nH]c1=O. The van der Waals surface area contributed by atoms with Crippen LogP contribution in [-0.2, 0) is 18.2 Å². The molecule has 4 aromatic carbocycles. The van der Waals surface area contributed by atoms with Crippen molar-refractivity contribution in [1.29, 1.82) is 0 Å². The minimum atomic E-state index is -2.93. The molecule has 1 unspecified atom stereocenters. The Balaban J connectivity index is 1.24. The Morgan fingerprint density at radius 2 is 1.37 bits per heavy atom. The molecule has 52 heavy (non-hydrogen) atoms. The average molecular weight is 736 g/mol. The Hall–Kier alpha value is -3.99. The van der Waals surface area contributed by atoms with E-state index in [1.54, 1.807) is 13.1 Å². The van der Waals surface area contributed by atoms with Gasteiger partial charge in [-0.05, 0) is 40.5 Å². The number of nitrogens with one attached hydrogen (secondary N) is 1. The summed E-state index contributed by atoms with van der Waals surface area (Å²) < 4.78 is 31.6. The zero-order valence-corrected chi connectivity index (χ0v) is 32.1. The normalized spacial score (nSPS) is 23.9. The fourth-order valence-corrected chi connectivity index (χ4v) is 13.8. The van der Waals surface area contributed by atoms with Gasteiger partial charge >= 0.3 is 5.69 Å². The fourth-order valence-electron chi connectivity index (χ4n) is 7.57. The summed E-state index contributed by atoms with van der Waals surface area (Å²) in [5.74, 6) is 0. The molecule has 0 saturated carbocycles. The van der Waals surface area contributed by atoms with E-state index in [-0.39, 0.29) is 23.8 Å². The van der Waals surface area contributed by atoms with Crippen molar-refractivity contribution in [3.05, 3.63) is 165 Å². The predicted molar refractivity (Wildman–Crippen MR) is 207 cm³/mol. The van der Waals surface area contributed by atoms with Crippen molar-refractivity contribution in [2.75, 3.05) is 13.7 Å². The first-order valence-electron chi connectivity index (χ1n) is 17.8. The Morgan fingerprint density at radius 3 is 1.92 bits per heavy atom. The maximum Gasteiger partial charge on any atom is 0.330 e. The Labute approximate surface area is 307 Å². The highest BCUT2D eigenvalue weighted by Gasteiger charge is 2.52. The highest BCUT2D eigenvalue weighted by molar-refractivity contribution is 7.44. The van der Waals surface area contributed by atoms with Gasteiger partial charge in [0.05, 0.1) is 18.8 Å². The second-order valence-electron chi connectivity index (χ2n) is 14.6. The van der Waals surface area contributed by atoms with Crippen LogP contribution in [0.5, 0.6) is 0 Å². The Bertz CT molecular complexity index is 2020. The Morgan fingerprint density at radius 1 is 0.827 bits per heavy atom. The number of benzene rings is 4. The monoisotopic (exact) mass is 735 g/mol. The molecule has 1 N–H and O–H groups in total. The van der Waals surface area contributed by atoms with Crippen LogP contribution >= 0.6 is 8.53 Å². The maximum absolute atomic E-state index is 13.1. The van der Waals surface area contributed by atoms with Gasteiger partial charge in [0.15, 0.2) is 0 Å². The summed E-state index contributed by atoms with van der Waals surface area (Å²) in [4.78, 5) is 27.9. The maximum atomic E-state index is 13.1. The van der Waals surface area contributed by atoms with Gasteiger partial charge in [0.25, 0.3) is 22.4 Å². The summed E-state index contributed by atoms with van der Waals surface area (Å²) in [6, 6.07) is 41.5. The smallest absolute Gasteiger partial charge is 0.330 e. The number of hydrogen-bond donors (Lipinski definition) is 1. The number of aromatic amines is 1. The largest absolute Gasteiger partial charge is 0.405 e. The number of aryl methyl sites for hydroxylation is 1. The van der Waals surface area contributed by atoms with Crippen LogP contribution < -0.4 is 21.6 Å². The van der Waals surface area contributed by atoms with E-state index in [1.807, 2.05) is 55.6 Å². The van der Waals surface area contributed by atoms with Crippen LogP contribution in [0.4, 0.5) is 0 Å². The van der Waals surface area contributed by atoms with E-state index in [1.165, 1.54) is 4.57 Å². The lowest BCUT2D eigenvalue weighted by atomic mass is 9.96. The molecule has 6 atom stereocenters. The average Bonchev–Trinajstić information content (AvgIpc) is 3.71. The third-order valence-electron chi connectivity index (χ3n) is 10.2. The van der Waals surface area contributed by atoms with E-state index in [4.69, 9.17) is 18.2 Å². The predicted octanol–water partition coefficient (Wildman–Crippen LogP) is 6.77. The molecule has 0 bridgehead atoms. The molecule has 270 valence electrons. The number of aromatic nitrogens is 2. The molecular formula is C41H46N3O6PSi. The second kappa shape index (κ2) is 15.2. The van der Waals surface area contributed by atoms with Gasteiger partial charge in [0, 0.05) is 18.2 Å². The van der Waals surface area contributed by atoms with Gasteiger partial charge in [-0.2, -0.15) is 0 Å². The van der Waals surface area contributed by atoms with Crippen LogP contribution in [0, 0.1) is 6.92 Å². The van der Waals surface area contributed by atoms with Gasteiger partial charge in [-0.25, -0.2) is 9.46 Å². The minimum absolute atomic E-state index is 0.0795. The van der Waals surface area contributed by atoms with E-state index in [0.29, 0.717) is 12.0 Å². The molecule has 2 aliphatic rings. The molecular weight excluding hydrogens is 690 g/mol. The van der Waals surface area contributed by atoms with Crippen LogP contribution in [0.2, 0.25) is 5.04 Å². The first-order chi connectivity index (χ1) is 25.1. The third kappa shape index (κ3) is 7.05. The molecule has 7 rings (SSSR count). The summed E-state index contributed by atoms with van der Waals surface area (Å²) >= 11 is 0. The molecule has 5 aromatic rings. The van der Waals surface area contributed by atoms with E-state index in [2.05, 4.69) is 103 Å². The summed E-state index contributed by atoms with van der Waals surface area (Å²) in [5, 5.41) is 2.07. The van der Waals surface area contributed by atoms with Crippen molar-refractivity contribution in [2.45, 2.75) is 69.7 Å². The number of ether oxygens (including phenoxy) is 1. The van der Waals surface area contributed by atoms with Crippen LogP contribution in [0.15, 0.2) is 137 Å². The number of likely N-dealkylation sites (N-methyl/N-ethyl adjacent to an activating group) is 1. The van der Waals surface area contributed by atoms with Crippen LogP contribution in [-0.4, -0.2) is 48.4 Å². The quantitative estimate of drug-likeness (QED) is 0.125. The molecule has 1 aromatic heterocycles. The molecule has 9 nitrogen and oxygen atoms in total. The van der Waals surface area contributed by atoms with Crippen molar-refractivity contribution in [3.63, 3.8) is 0 Å². The zero-order chi connectivity index (χ0) is 36.5. The molecule has 0 radical (unpaired) electrons. The number of hydrogen-bond acceptors (Lipinski definition) is 7. The lowest BCUT2D eigenvalue weighted by Gasteiger charge is -2.43. The van der Waals surface area contributed by atoms with Crippen molar-refractivity contribution in [1.82, 2.24) is 14.2 Å². The molecule has 3 heterocycles. The number of nitrogens with zero attached hydrogens (tertiary/aromatic N) is 2.